The summed E-state index contributed by atoms with van der Waals surface area (Å²) in [6, 6.07) is 14.5. The molecule has 0 aliphatic carbocycles. The fourth-order valence-corrected chi connectivity index (χ4v) is 4.00. The van der Waals surface area contributed by atoms with Crippen molar-refractivity contribution >= 4 is 17.2 Å². The number of likely N-dealkylation sites (tertiary alicyclic amines) is 1. The van der Waals surface area contributed by atoms with Crippen LogP contribution in [0.2, 0.25) is 0 Å². The van der Waals surface area contributed by atoms with Crippen molar-refractivity contribution in [3.8, 4) is 10.4 Å². The van der Waals surface area contributed by atoms with Crippen LogP contribution in [0.3, 0.4) is 0 Å². The van der Waals surface area contributed by atoms with E-state index in [1.807, 2.05) is 18.2 Å². The van der Waals surface area contributed by atoms with Gasteiger partial charge in [-0.3, -0.25) is 4.79 Å². The predicted molar refractivity (Wildman–Crippen MR) is 96.8 cm³/mol. The minimum absolute atomic E-state index is 0.128. The number of nitrogens with zero attached hydrogens (tertiary/aromatic N) is 1. The maximum Gasteiger partial charge on any atom is 0.225 e. The first-order valence-corrected chi connectivity index (χ1v) is 9.26. The van der Waals surface area contributed by atoms with Crippen molar-refractivity contribution in [2.24, 2.45) is 0 Å². The Labute approximate surface area is 142 Å². The molecule has 0 saturated carbocycles. The van der Waals surface area contributed by atoms with Crippen LogP contribution in [0, 0.1) is 0 Å². The molecule has 1 fully saturated rings. The van der Waals surface area contributed by atoms with Gasteiger partial charge in [0.25, 0.3) is 0 Å². The number of carbonyl (C=O) groups excluding carboxylic acids is 1. The van der Waals surface area contributed by atoms with E-state index in [0.29, 0.717) is 6.42 Å². The summed E-state index contributed by atoms with van der Waals surface area (Å²) >= 11 is 1.70. The monoisotopic (exact) mass is 328 g/mol. The lowest BCUT2D eigenvalue weighted by atomic mass is 10.1. The number of carbonyl (C=O) groups is 1. The van der Waals surface area contributed by atoms with Gasteiger partial charge in [-0.05, 0) is 43.6 Å². The molecular formula is C19H24N2OS. The van der Waals surface area contributed by atoms with Gasteiger partial charge in [-0.2, -0.15) is 0 Å². The summed E-state index contributed by atoms with van der Waals surface area (Å²) in [5.41, 5.74) is 1.22. The highest BCUT2D eigenvalue weighted by atomic mass is 32.1. The first kappa shape index (κ1) is 16.2. The van der Waals surface area contributed by atoms with Gasteiger partial charge in [0, 0.05) is 22.8 Å². The molecule has 2 heterocycles. The SMILES string of the molecule is O=C(Cc1ccc(-c2ccccc2)s1)NCCN1CCCCC1. The molecule has 0 radical (unpaired) electrons. The minimum Gasteiger partial charge on any atom is -0.355 e. The number of piperidine rings is 1. The molecule has 1 aliphatic rings. The predicted octanol–water partition coefficient (Wildman–Crippen LogP) is 3.56. The summed E-state index contributed by atoms with van der Waals surface area (Å²) in [4.78, 5) is 16.9. The third-order valence-corrected chi connectivity index (χ3v) is 5.39. The number of benzene rings is 1. The summed E-state index contributed by atoms with van der Waals surface area (Å²) < 4.78 is 0. The minimum atomic E-state index is 0.128. The van der Waals surface area contributed by atoms with Gasteiger partial charge in [-0.25, -0.2) is 0 Å². The molecule has 0 atom stereocenters. The van der Waals surface area contributed by atoms with Crippen molar-refractivity contribution in [3.05, 3.63) is 47.3 Å². The molecule has 0 spiro atoms. The third-order valence-electron chi connectivity index (χ3n) is 4.25. The van der Waals surface area contributed by atoms with Gasteiger partial charge in [0.05, 0.1) is 6.42 Å². The molecular weight excluding hydrogens is 304 g/mol. The number of hydrogen-bond acceptors (Lipinski definition) is 3. The second-order valence-electron chi connectivity index (χ2n) is 6.06. The molecule has 122 valence electrons. The van der Waals surface area contributed by atoms with Gasteiger partial charge in [-0.15, -0.1) is 11.3 Å². The number of thiophene rings is 1. The lowest BCUT2D eigenvalue weighted by Crippen LogP contribution is -2.38. The molecule has 3 nitrogen and oxygen atoms in total. The number of rotatable bonds is 6. The summed E-state index contributed by atoms with van der Waals surface area (Å²) in [6.07, 6.45) is 4.43. The smallest absolute Gasteiger partial charge is 0.225 e. The van der Waals surface area contributed by atoms with E-state index in [2.05, 4.69) is 34.5 Å². The summed E-state index contributed by atoms with van der Waals surface area (Å²) in [5, 5.41) is 3.05. The Bertz CT molecular complexity index is 617. The average Bonchev–Trinajstić information content (AvgIpc) is 3.05. The third kappa shape index (κ3) is 4.91. The fraction of sp³-hybridized carbons (Fsp3) is 0.421. The van der Waals surface area contributed by atoms with Gasteiger partial charge >= 0.3 is 0 Å². The number of amides is 1. The Hall–Kier alpha value is -1.65. The number of nitrogens with one attached hydrogen (secondary N) is 1. The van der Waals surface area contributed by atoms with Gasteiger partial charge in [0.2, 0.25) is 5.91 Å². The van der Waals surface area contributed by atoms with Crippen molar-refractivity contribution in [3.63, 3.8) is 0 Å². The molecule has 0 unspecified atom stereocenters. The summed E-state index contributed by atoms with van der Waals surface area (Å²) in [6.45, 7) is 4.10. The van der Waals surface area contributed by atoms with Gasteiger partial charge < -0.3 is 10.2 Å². The van der Waals surface area contributed by atoms with Gasteiger partial charge in [-0.1, -0.05) is 36.8 Å². The van der Waals surface area contributed by atoms with Crippen LogP contribution in [0.4, 0.5) is 0 Å². The highest BCUT2D eigenvalue weighted by molar-refractivity contribution is 7.15. The molecule has 4 heteroatoms. The standard InChI is InChI=1S/C19H24N2OS/c22-19(20-11-14-21-12-5-2-6-13-21)15-17-9-10-18(23-17)16-7-3-1-4-8-16/h1,3-4,7-10H,2,5-6,11-15H2,(H,20,22). The normalized spacial score (nSPS) is 15.5. The zero-order chi connectivity index (χ0) is 15.9. The highest BCUT2D eigenvalue weighted by Crippen LogP contribution is 2.28. The molecule has 23 heavy (non-hydrogen) atoms. The largest absolute Gasteiger partial charge is 0.355 e. The van der Waals surface area contributed by atoms with E-state index in [9.17, 15) is 4.79 Å². The maximum absolute atomic E-state index is 12.1. The van der Waals surface area contributed by atoms with E-state index >= 15 is 0 Å². The Kier molecular flexibility index (Phi) is 5.83. The molecule has 1 aromatic carbocycles. The van der Waals surface area contributed by atoms with Crippen LogP contribution in [0.1, 0.15) is 24.1 Å². The van der Waals surface area contributed by atoms with Gasteiger partial charge in [0.1, 0.15) is 0 Å². The van der Waals surface area contributed by atoms with Gasteiger partial charge in [0.15, 0.2) is 0 Å². The first-order chi connectivity index (χ1) is 11.3. The molecule has 3 rings (SSSR count). The van der Waals surface area contributed by atoms with Crippen LogP contribution < -0.4 is 5.32 Å². The maximum atomic E-state index is 12.1. The number of hydrogen-bond donors (Lipinski definition) is 1. The second kappa shape index (κ2) is 8.27. The molecule has 2 aromatic rings. The van der Waals surface area contributed by atoms with Crippen LogP contribution in [0.5, 0.6) is 0 Å². The molecule has 0 bridgehead atoms. The summed E-state index contributed by atoms with van der Waals surface area (Å²) in [5.74, 6) is 0.128. The molecule has 1 aliphatic heterocycles. The van der Waals surface area contributed by atoms with Crippen LogP contribution in [0.25, 0.3) is 10.4 Å². The van der Waals surface area contributed by atoms with Crippen LogP contribution in [-0.2, 0) is 11.2 Å². The zero-order valence-corrected chi connectivity index (χ0v) is 14.3. The van der Waals surface area contributed by atoms with Crippen molar-refractivity contribution in [2.75, 3.05) is 26.2 Å². The van der Waals surface area contributed by atoms with Crippen molar-refractivity contribution < 1.29 is 4.79 Å². The highest BCUT2D eigenvalue weighted by Gasteiger charge is 2.11. The van der Waals surface area contributed by atoms with Crippen LogP contribution in [-0.4, -0.2) is 37.0 Å². The van der Waals surface area contributed by atoms with E-state index in [1.54, 1.807) is 11.3 Å². The Morgan fingerprint density at radius 3 is 2.61 bits per heavy atom. The van der Waals surface area contributed by atoms with Crippen molar-refractivity contribution in [1.29, 1.82) is 0 Å². The van der Waals surface area contributed by atoms with Crippen LogP contribution in [0.15, 0.2) is 42.5 Å². The van der Waals surface area contributed by atoms with E-state index < -0.39 is 0 Å². The lowest BCUT2D eigenvalue weighted by Gasteiger charge is -2.26. The second-order valence-corrected chi connectivity index (χ2v) is 7.23. The van der Waals surface area contributed by atoms with E-state index in [1.165, 1.54) is 42.8 Å². The molecule has 1 aromatic heterocycles. The lowest BCUT2D eigenvalue weighted by molar-refractivity contribution is -0.120. The van der Waals surface area contributed by atoms with Crippen molar-refractivity contribution in [2.45, 2.75) is 25.7 Å². The van der Waals surface area contributed by atoms with E-state index in [4.69, 9.17) is 0 Å². The fourth-order valence-electron chi connectivity index (χ4n) is 2.99. The Morgan fingerprint density at radius 2 is 1.83 bits per heavy atom. The topological polar surface area (TPSA) is 32.3 Å². The zero-order valence-electron chi connectivity index (χ0n) is 13.5. The first-order valence-electron chi connectivity index (χ1n) is 8.44. The molecule has 1 amide bonds. The Morgan fingerprint density at radius 1 is 1.04 bits per heavy atom. The van der Waals surface area contributed by atoms with Crippen LogP contribution >= 0.6 is 11.3 Å². The van der Waals surface area contributed by atoms with E-state index in [0.717, 1.165) is 18.0 Å². The average molecular weight is 328 g/mol. The van der Waals surface area contributed by atoms with Crippen molar-refractivity contribution in [1.82, 2.24) is 10.2 Å². The Balaban J connectivity index is 1.44. The van der Waals surface area contributed by atoms with E-state index in [-0.39, 0.29) is 5.91 Å². The summed E-state index contributed by atoms with van der Waals surface area (Å²) in [7, 11) is 0. The quantitative estimate of drug-likeness (QED) is 0.879. The molecule has 1 saturated heterocycles. The molecule has 1 N–H and O–H groups in total.